The molecule has 4 aliphatic rings. The molecule has 27 nitrogen and oxygen atoms in total. The fourth-order valence-electron chi connectivity index (χ4n) is 8.11. The molecule has 0 saturated carbocycles. The lowest BCUT2D eigenvalue weighted by Crippen LogP contribution is -2.63. The number of hydrogen-bond acceptors (Lipinski definition) is 27. The number of aliphatic hydroxyl groups is 1. The molecule has 4 aromatic carbocycles. The van der Waals surface area contributed by atoms with Crippen LogP contribution < -0.4 is 4.74 Å². The SMILES string of the molecule is COC(=O)CC1C(=O)OC2C3COC(=O)c4cc(O)c(O)c(O)c4-c4c(cc(O)c(O)c4O)C(=O)OC2C(OC(=O)c2cc(O)c(O)c4c2C1C(O)C(=O)O4)C(OC(=O)c1cc(O)c(O)c(O)c1)O3. The Hall–Kier alpha value is -9.11. The van der Waals surface area contributed by atoms with Crippen molar-refractivity contribution in [3.05, 3.63) is 58.1 Å². The summed E-state index contributed by atoms with van der Waals surface area (Å²) in [6.07, 6.45) is -15.8. The lowest BCUT2D eigenvalue weighted by molar-refractivity contribution is -0.287. The van der Waals surface area contributed by atoms with Gasteiger partial charge in [0.2, 0.25) is 29.6 Å². The van der Waals surface area contributed by atoms with Gasteiger partial charge in [-0.05, 0) is 30.3 Å². The average Bonchev–Trinajstić information content (AvgIpc) is 3.31. The van der Waals surface area contributed by atoms with Crippen molar-refractivity contribution >= 4 is 41.8 Å². The van der Waals surface area contributed by atoms with Crippen LogP contribution >= 0.6 is 0 Å². The normalized spacial score (nSPS) is 24.1. The van der Waals surface area contributed by atoms with E-state index in [4.69, 9.17) is 37.9 Å². The van der Waals surface area contributed by atoms with Crippen LogP contribution in [0.3, 0.4) is 0 Å². The molecule has 8 unspecified atom stereocenters. The molecule has 8 atom stereocenters. The number of carbonyl (C=O) groups is 7. The number of aromatic hydroxyl groups is 11. The Kier molecular flexibility index (Phi) is 11.4. The molecule has 4 aliphatic heterocycles. The molecule has 4 aromatic rings. The van der Waals surface area contributed by atoms with Crippen molar-refractivity contribution in [2.75, 3.05) is 13.7 Å². The standard InChI is InChI=1S/C42H32O27/c1-62-20(48)7-13-23-24-12(6-18(47)28(52)33(24)66-41(61)31(23)55)39(59)68-35-34-32(65-40(13)60)19(64-42(35)69-36(56)9-2-14(43)25(49)15(44)3-9)8-63-37(57)10-4-16(45)26(50)29(53)21(10)22-11(38(58)67-34)5-17(46)27(51)30(22)54/h2-6,13,19,23,31-32,34-35,42-47,49-55H,7-8H2,1H3. The predicted octanol–water partition coefficient (Wildman–Crippen LogP) is 0.0867. The molecule has 4 heterocycles. The van der Waals surface area contributed by atoms with Crippen molar-refractivity contribution in [1.82, 2.24) is 0 Å². The maximum Gasteiger partial charge on any atom is 0.341 e. The van der Waals surface area contributed by atoms with E-state index in [9.17, 15) is 94.8 Å². The molecule has 27 heteroatoms. The van der Waals surface area contributed by atoms with Gasteiger partial charge in [0.25, 0.3) is 0 Å². The number of hydrogen-bond donors (Lipinski definition) is 12. The van der Waals surface area contributed by atoms with Crippen LogP contribution in [-0.2, 0) is 47.5 Å². The highest BCUT2D eigenvalue weighted by Crippen LogP contribution is 2.54. The first kappa shape index (κ1) is 46.4. The Morgan fingerprint density at radius 2 is 1.13 bits per heavy atom. The van der Waals surface area contributed by atoms with E-state index in [1.54, 1.807) is 0 Å². The van der Waals surface area contributed by atoms with E-state index in [0.717, 1.165) is 7.11 Å². The van der Waals surface area contributed by atoms with E-state index in [-0.39, 0.29) is 0 Å². The van der Waals surface area contributed by atoms with Gasteiger partial charge in [-0.1, -0.05) is 0 Å². The number of phenols is 11. The third-order valence-electron chi connectivity index (χ3n) is 11.4. The second-order valence-electron chi connectivity index (χ2n) is 15.4. The van der Waals surface area contributed by atoms with Gasteiger partial charge in [-0.25, -0.2) is 24.0 Å². The monoisotopic (exact) mass is 968 g/mol. The molecule has 69 heavy (non-hydrogen) atoms. The van der Waals surface area contributed by atoms with Gasteiger partial charge in [0.1, 0.15) is 12.7 Å². The minimum atomic E-state index is -2.56. The van der Waals surface area contributed by atoms with Crippen molar-refractivity contribution in [1.29, 1.82) is 0 Å². The van der Waals surface area contributed by atoms with E-state index in [0.29, 0.717) is 30.3 Å². The van der Waals surface area contributed by atoms with Crippen LogP contribution in [0.15, 0.2) is 30.3 Å². The largest absolute Gasteiger partial charge is 0.504 e. The topological polar surface area (TPSA) is 436 Å². The molecule has 0 aliphatic carbocycles. The maximum absolute atomic E-state index is 14.7. The Morgan fingerprint density at radius 1 is 0.609 bits per heavy atom. The Bertz CT molecular complexity index is 2920. The van der Waals surface area contributed by atoms with E-state index >= 15 is 0 Å². The highest BCUT2D eigenvalue weighted by Gasteiger charge is 2.58. The van der Waals surface area contributed by atoms with E-state index < -0.39 is 211 Å². The van der Waals surface area contributed by atoms with Crippen molar-refractivity contribution in [2.45, 2.75) is 49.1 Å². The number of fused-ring (bicyclic) bond motifs is 3. The third kappa shape index (κ3) is 7.65. The maximum atomic E-state index is 14.7. The second-order valence-corrected chi connectivity index (χ2v) is 15.4. The number of carbonyl (C=O) groups excluding carboxylic acids is 7. The highest BCUT2D eigenvalue weighted by atomic mass is 16.7. The zero-order valence-corrected chi connectivity index (χ0v) is 34.4. The molecule has 0 radical (unpaired) electrons. The van der Waals surface area contributed by atoms with Crippen LogP contribution in [0.25, 0.3) is 11.1 Å². The lowest BCUT2D eigenvalue weighted by Gasteiger charge is -2.44. The Morgan fingerprint density at radius 3 is 1.72 bits per heavy atom. The fourth-order valence-corrected chi connectivity index (χ4v) is 8.11. The van der Waals surface area contributed by atoms with Crippen LogP contribution in [-0.4, -0.2) is 154 Å². The van der Waals surface area contributed by atoms with Crippen molar-refractivity contribution in [3.8, 4) is 80.1 Å². The summed E-state index contributed by atoms with van der Waals surface area (Å²) in [5, 5.41) is 128. The smallest absolute Gasteiger partial charge is 0.341 e. The quantitative estimate of drug-likeness (QED) is 0.0558. The number of ether oxygens (including phenoxy) is 8. The van der Waals surface area contributed by atoms with Crippen molar-refractivity contribution < 1.29 is 133 Å². The van der Waals surface area contributed by atoms with Gasteiger partial charge >= 0.3 is 41.8 Å². The molecule has 12 N–H and O–H groups in total. The summed E-state index contributed by atoms with van der Waals surface area (Å²) in [5.41, 5.74) is -6.89. The molecule has 0 aromatic heterocycles. The minimum absolute atomic E-state index is 0.378. The molecule has 4 bridgehead atoms. The molecule has 1 saturated heterocycles. The molecule has 0 spiro atoms. The first-order valence-corrected chi connectivity index (χ1v) is 19.6. The number of rotatable bonds is 4. The third-order valence-corrected chi connectivity index (χ3v) is 11.4. The minimum Gasteiger partial charge on any atom is -0.504 e. The molecule has 362 valence electrons. The summed E-state index contributed by atoms with van der Waals surface area (Å²) in [7, 11) is 0.864. The molecular weight excluding hydrogens is 936 g/mol. The number of cyclic esters (lactones) is 1. The number of esters is 7. The average molecular weight is 969 g/mol. The van der Waals surface area contributed by atoms with E-state index in [1.807, 2.05) is 0 Å². The number of benzene rings is 4. The summed E-state index contributed by atoms with van der Waals surface area (Å²) in [4.78, 5) is 97.9. The number of aliphatic hydroxyl groups excluding tert-OH is 1. The number of methoxy groups -OCH3 is 1. The Labute approximate surface area is 381 Å². The predicted molar refractivity (Wildman–Crippen MR) is 210 cm³/mol. The first-order valence-electron chi connectivity index (χ1n) is 19.6. The van der Waals surface area contributed by atoms with Gasteiger partial charge < -0.3 is 99.2 Å². The molecule has 0 amide bonds. The summed E-state index contributed by atoms with van der Waals surface area (Å²) in [6.45, 7) is -1.28. The summed E-state index contributed by atoms with van der Waals surface area (Å²) in [6, 6.07) is 2.46. The molecule has 8 rings (SSSR count). The first-order chi connectivity index (χ1) is 32.5. The zero-order chi connectivity index (χ0) is 50.2. The Balaban J connectivity index is 1.39. The zero-order valence-electron chi connectivity index (χ0n) is 34.4. The molecule has 1 fully saturated rings. The van der Waals surface area contributed by atoms with Gasteiger partial charge in [-0.2, -0.15) is 0 Å². The van der Waals surface area contributed by atoms with Crippen LogP contribution in [0.5, 0.6) is 69.0 Å². The molecular formula is C42H32O27. The van der Waals surface area contributed by atoms with Crippen LogP contribution in [0.4, 0.5) is 0 Å². The van der Waals surface area contributed by atoms with E-state index in [2.05, 4.69) is 0 Å². The van der Waals surface area contributed by atoms with E-state index in [1.165, 1.54) is 0 Å². The van der Waals surface area contributed by atoms with Gasteiger partial charge in [0.15, 0.2) is 70.1 Å². The van der Waals surface area contributed by atoms with Crippen molar-refractivity contribution in [2.24, 2.45) is 5.92 Å². The summed E-state index contributed by atoms with van der Waals surface area (Å²) in [5.74, 6) is -30.8. The van der Waals surface area contributed by atoms with Crippen molar-refractivity contribution in [3.63, 3.8) is 0 Å². The summed E-state index contributed by atoms with van der Waals surface area (Å²) < 4.78 is 43.9. The van der Waals surface area contributed by atoms with Crippen LogP contribution in [0.2, 0.25) is 0 Å². The van der Waals surface area contributed by atoms with Gasteiger partial charge in [0, 0.05) is 22.6 Å². The van der Waals surface area contributed by atoms with Crippen LogP contribution in [0.1, 0.15) is 59.3 Å². The van der Waals surface area contributed by atoms with Gasteiger partial charge in [0.05, 0.1) is 41.7 Å². The highest BCUT2D eigenvalue weighted by molar-refractivity contribution is 6.08. The fraction of sp³-hybridized carbons (Fsp3) is 0.262. The lowest BCUT2D eigenvalue weighted by atomic mass is 9.76. The van der Waals surface area contributed by atoms with Gasteiger partial charge in [-0.15, -0.1) is 0 Å². The van der Waals surface area contributed by atoms with Gasteiger partial charge in [-0.3, -0.25) is 9.59 Å². The summed E-state index contributed by atoms with van der Waals surface area (Å²) >= 11 is 0. The number of phenolic OH excluding ortho intramolecular Hbond substituents is 11. The van der Waals surface area contributed by atoms with Crippen LogP contribution in [0, 0.1) is 5.92 Å². The second kappa shape index (κ2) is 17.0.